The van der Waals surface area contributed by atoms with Gasteiger partial charge in [-0.15, -0.1) is 0 Å². The van der Waals surface area contributed by atoms with Gasteiger partial charge >= 0.3 is 5.97 Å². The summed E-state index contributed by atoms with van der Waals surface area (Å²) in [6, 6.07) is -0.625. The molecule has 2 atom stereocenters. The lowest BCUT2D eigenvalue weighted by Gasteiger charge is -2.20. The number of esters is 1. The lowest BCUT2D eigenvalue weighted by atomic mass is 10.0. The first-order valence-electron chi connectivity index (χ1n) is 31.3. The minimum Gasteiger partial charge on any atom is -0.466 e. The molecule has 0 saturated carbocycles. The van der Waals surface area contributed by atoms with Gasteiger partial charge in [-0.1, -0.05) is 301 Å². The van der Waals surface area contributed by atoms with Crippen LogP contribution in [0.3, 0.4) is 0 Å². The van der Waals surface area contributed by atoms with Gasteiger partial charge in [0.25, 0.3) is 0 Å². The van der Waals surface area contributed by atoms with Crippen LogP contribution in [0.5, 0.6) is 0 Å². The minimum absolute atomic E-state index is 0.00210. The average Bonchev–Trinajstić information content (AvgIpc) is 3.36. The molecule has 0 aromatic carbocycles. The maximum atomic E-state index is 12.4. The number of rotatable bonds is 58. The molecule has 0 heterocycles. The quantitative estimate of drug-likeness (QED) is 0.0321. The number of amides is 1. The number of aliphatic hydroxyl groups excluding tert-OH is 2. The van der Waals surface area contributed by atoms with Crippen molar-refractivity contribution in [3.05, 3.63) is 36.5 Å². The zero-order valence-electron chi connectivity index (χ0n) is 47.0. The van der Waals surface area contributed by atoms with E-state index in [1.54, 1.807) is 6.08 Å². The number of carbonyl (C=O) groups excluding carboxylic acids is 2. The minimum atomic E-state index is -0.842. The van der Waals surface area contributed by atoms with Crippen molar-refractivity contribution >= 4 is 11.9 Å². The van der Waals surface area contributed by atoms with Gasteiger partial charge in [0.2, 0.25) is 5.91 Å². The molecule has 0 spiro atoms. The molecule has 6 heteroatoms. The average molecular weight is 985 g/mol. The van der Waals surface area contributed by atoms with Crippen LogP contribution < -0.4 is 5.32 Å². The Morgan fingerprint density at radius 1 is 0.400 bits per heavy atom. The molecule has 412 valence electrons. The van der Waals surface area contributed by atoms with Crippen molar-refractivity contribution in [2.45, 2.75) is 347 Å². The van der Waals surface area contributed by atoms with Crippen LogP contribution in [0, 0.1) is 0 Å². The summed E-state index contributed by atoms with van der Waals surface area (Å²) in [7, 11) is 0. The lowest BCUT2D eigenvalue weighted by Crippen LogP contribution is -2.45. The number of unbranched alkanes of at least 4 members (excludes halogenated alkanes) is 43. The molecular formula is C64H121NO5. The number of allylic oxidation sites excluding steroid dienone is 5. The van der Waals surface area contributed by atoms with Gasteiger partial charge in [-0.25, -0.2) is 0 Å². The van der Waals surface area contributed by atoms with Gasteiger partial charge in [-0.05, 0) is 57.8 Å². The molecule has 0 aliphatic rings. The standard InChI is InChI=1S/C64H121NO5/c1-3-5-7-9-11-13-15-17-34-38-42-46-50-54-58-64(69)70-59-55-51-47-43-39-35-31-29-27-25-23-21-19-18-20-22-24-26-28-30-33-37-41-45-49-53-57-63(68)65-61(60-66)62(67)56-52-48-44-40-36-32-16-14-12-10-8-6-4-2/h9,11,15,17,52,56,61-62,66-67H,3-8,10,12-14,16,18-51,53-55,57-60H2,1-2H3,(H,65,68)/b11-9-,17-15-,56-52+. The van der Waals surface area contributed by atoms with Crippen molar-refractivity contribution in [2.24, 2.45) is 0 Å². The molecular weight excluding hydrogens is 863 g/mol. The largest absolute Gasteiger partial charge is 0.466 e. The zero-order chi connectivity index (χ0) is 50.7. The highest BCUT2D eigenvalue weighted by molar-refractivity contribution is 5.76. The molecule has 1 amide bonds. The maximum Gasteiger partial charge on any atom is 0.305 e. The molecule has 0 aromatic heterocycles. The first-order chi connectivity index (χ1) is 34.5. The van der Waals surface area contributed by atoms with E-state index in [0.717, 1.165) is 51.4 Å². The van der Waals surface area contributed by atoms with E-state index in [1.807, 2.05) is 6.08 Å². The van der Waals surface area contributed by atoms with Gasteiger partial charge in [-0.2, -0.15) is 0 Å². The Morgan fingerprint density at radius 2 is 0.729 bits per heavy atom. The highest BCUT2D eigenvalue weighted by atomic mass is 16.5. The van der Waals surface area contributed by atoms with E-state index in [4.69, 9.17) is 4.74 Å². The van der Waals surface area contributed by atoms with Crippen molar-refractivity contribution in [1.82, 2.24) is 5.32 Å². The van der Waals surface area contributed by atoms with Gasteiger partial charge in [0.05, 0.1) is 25.4 Å². The first-order valence-corrected chi connectivity index (χ1v) is 31.3. The third-order valence-electron chi connectivity index (χ3n) is 14.4. The normalized spacial score (nSPS) is 12.8. The molecule has 0 bridgehead atoms. The second-order valence-electron chi connectivity index (χ2n) is 21.4. The smallest absolute Gasteiger partial charge is 0.305 e. The van der Waals surface area contributed by atoms with Crippen molar-refractivity contribution in [3.8, 4) is 0 Å². The molecule has 0 rings (SSSR count). The summed E-state index contributed by atoms with van der Waals surface area (Å²) in [6.07, 6.45) is 74.8. The summed E-state index contributed by atoms with van der Waals surface area (Å²) < 4.78 is 5.48. The topological polar surface area (TPSA) is 95.9 Å². The van der Waals surface area contributed by atoms with Crippen molar-refractivity contribution in [2.75, 3.05) is 13.2 Å². The summed E-state index contributed by atoms with van der Waals surface area (Å²) in [5, 5.41) is 23.1. The molecule has 0 radical (unpaired) electrons. The van der Waals surface area contributed by atoms with Crippen LogP contribution in [0.4, 0.5) is 0 Å². The number of ether oxygens (including phenoxy) is 1. The molecule has 0 aliphatic heterocycles. The number of nitrogens with one attached hydrogen (secondary N) is 1. The fourth-order valence-electron chi connectivity index (χ4n) is 9.59. The van der Waals surface area contributed by atoms with Gasteiger partial charge < -0.3 is 20.3 Å². The number of aliphatic hydroxyl groups is 2. The van der Waals surface area contributed by atoms with E-state index in [-0.39, 0.29) is 18.5 Å². The van der Waals surface area contributed by atoms with E-state index in [2.05, 4.69) is 43.5 Å². The van der Waals surface area contributed by atoms with Crippen molar-refractivity contribution < 1.29 is 24.5 Å². The predicted octanol–water partition coefficient (Wildman–Crippen LogP) is 19.6. The van der Waals surface area contributed by atoms with E-state index in [1.165, 1.54) is 257 Å². The number of hydrogen-bond acceptors (Lipinski definition) is 5. The summed E-state index contributed by atoms with van der Waals surface area (Å²) in [4.78, 5) is 24.5. The highest BCUT2D eigenvalue weighted by Crippen LogP contribution is 2.18. The first kappa shape index (κ1) is 68.1. The van der Waals surface area contributed by atoms with Gasteiger partial charge in [0.15, 0.2) is 0 Å². The Kier molecular flexibility index (Phi) is 58.0. The molecule has 0 saturated heterocycles. The summed E-state index contributed by atoms with van der Waals surface area (Å²) in [6.45, 7) is 4.87. The highest BCUT2D eigenvalue weighted by Gasteiger charge is 2.18. The summed E-state index contributed by atoms with van der Waals surface area (Å²) in [5.74, 6) is -0.0633. The number of carbonyl (C=O) groups is 2. The lowest BCUT2D eigenvalue weighted by molar-refractivity contribution is -0.143. The van der Waals surface area contributed by atoms with Crippen molar-refractivity contribution in [3.63, 3.8) is 0 Å². The fraction of sp³-hybridized carbons (Fsp3) is 0.875. The van der Waals surface area contributed by atoms with Crippen LogP contribution >= 0.6 is 0 Å². The van der Waals surface area contributed by atoms with Crippen LogP contribution in [-0.4, -0.2) is 47.4 Å². The Morgan fingerprint density at radius 3 is 1.13 bits per heavy atom. The van der Waals surface area contributed by atoms with E-state index in [0.29, 0.717) is 19.4 Å². The SMILES string of the molecule is CCCC/C=C\C/C=C\CCCCCCCC(=O)OCCCCCCCCCCCCCCCCCCCCCCCCCCCCC(=O)NC(CO)C(O)/C=C/CCCCCCCCCCCCC. The van der Waals surface area contributed by atoms with Crippen LogP contribution in [0.2, 0.25) is 0 Å². The molecule has 0 aromatic rings. The summed E-state index contributed by atoms with van der Waals surface area (Å²) in [5.41, 5.74) is 0. The van der Waals surface area contributed by atoms with Crippen LogP contribution in [0.15, 0.2) is 36.5 Å². The second-order valence-corrected chi connectivity index (χ2v) is 21.4. The molecule has 3 N–H and O–H groups in total. The van der Waals surface area contributed by atoms with Gasteiger partial charge in [-0.3, -0.25) is 9.59 Å². The van der Waals surface area contributed by atoms with Crippen LogP contribution in [0.1, 0.15) is 335 Å². The molecule has 70 heavy (non-hydrogen) atoms. The van der Waals surface area contributed by atoms with Gasteiger partial charge in [0.1, 0.15) is 0 Å². The Labute approximate surface area is 436 Å². The van der Waals surface area contributed by atoms with Gasteiger partial charge in [0, 0.05) is 12.8 Å². The Bertz CT molecular complexity index is 1130. The third-order valence-corrected chi connectivity index (χ3v) is 14.4. The van der Waals surface area contributed by atoms with Crippen LogP contribution in [0.25, 0.3) is 0 Å². The summed E-state index contributed by atoms with van der Waals surface area (Å²) >= 11 is 0. The maximum absolute atomic E-state index is 12.4. The van der Waals surface area contributed by atoms with Crippen molar-refractivity contribution in [1.29, 1.82) is 0 Å². The zero-order valence-corrected chi connectivity index (χ0v) is 47.0. The number of hydrogen-bond donors (Lipinski definition) is 3. The van der Waals surface area contributed by atoms with Crippen LogP contribution in [-0.2, 0) is 14.3 Å². The van der Waals surface area contributed by atoms with E-state index < -0.39 is 12.1 Å². The predicted molar refractivity (Wildman–Crippen MR) is 306 cm³/mol. The second kappa shape index (κ2) is 59.6. The molecule has 2 unspecified atom stereocenters. The fourth-order valence-corrected chi connectivity index (χ4v) is 9.59. The molecule has 0 fully saturated rings. The van der Waals surface area contributed by atoms with E-state index >= 15 is 0 Å². The third kappa shape index (κ3) is 55.4. The molecule has 6 nitrogen and oxygen atoms in total. The Balaban J connectivity index is 3.37. The Hall–Kier alpha value is -1.92. The monoisotopic (exact) mass is 984 g/mol. The van der Waals surface area contributed by atoms with E-state index in [9.17, 15) is 19.8 Å². The molecule has 0 aliphatic carbocycles.